The molecule has 2 aliphatic rings. The Balaban J connectivity index is 2.41. The van der Waals surface area contributed by atoms with Gasteiger partial charge < -0.3 is 10.6 Å². The summed E-state index contributed by atoms with van der Waals surface area (Å²) in [7, 11) is 0. The third-order valence-corrected chi connectivity index (χ3v) is 3.98. The van der Waals surface area contributed by atoms with Crippen LogP contribution in [0, 0.1) is 5.41 Å². The van der Waals surface area contributed by atoms with Gasteiger partial charge in [-0.05, 0) is 32.1 Å². The highest BCUT2D eigenvalue weighted by Gasteiger charge is 2.61. The molecule has 14 heavy (non-hydrogen) atoms. The van der Waals surface area contributed by atoms with Crippen molar-refractivity contribution < 1.29 is 4.79 Å². The number of nitrogens with two attached hydrogens (primary N) is 1. The zero-order chi connectivity index (χ0) is 10.6. The number of likely N-dealkylation sites (N-methyl/N-ethyl adjacent to an activating group) is 1. The lowest BCUT2D eigenvalue weighted by Crippen LogP contribution is -2.57. The standard InChI is InChI=1S/C10H17N3O/c1-4-13-8(14)12-7(11)10(13,3)9(2)5-6-9/h4-6H2,1-3H3,(H2,11,12,14). The summed E-state index contributed by atoms with van der Waals surface area (Å²) in [6, 6.07) is -0.180. The average molecular weight is 195 g/mol. The maximum Gasteiger partial charge on any atom is 0.346 e. The van der Waals surface area contributed by atoms with E-state index in [2.05, 4.69) is 11.9 Å². The second kappa shape index (κ2) is 2.49. The highest BCUT2D eigenvalue weighted by molar-refractivity contribution is 6.06. The predicted molar refractivity (Wildman–Crippen MR) is 55.1 cm³/mol. The minimum absolute atomic E-state index is 0.142. The van der Waals surface area contributed by atoms with Gasteiger partial charge in [-0.15, -0.1) is 0 Å². The van der Waals surface area contributed by atoms with E-state index in [-0.39, 0.29) is 17.0 Å². The molecule has 0 aromatic carbocycles. The van der Waals surface area contributed by atoms with Gasteiger partial charge in [0.1, 0.15) is 11.4 Å². The molecule has 0 aromatic heterocycles. The van der Waals surface area contributed by atoms with Crippen LogP contribution < -0.4 is 5.73 Å². The molecule has 0 spiro atoms. The van der Waals surface area contributed by atoms with E-state index >= 15 is 0 Å². The lowest BCUT2D eigenvalue weighted by atomic mass is 9.82. The van der Waals surface area contributed by atoms with Crippen LogP contribution in [-0.2, 0) is 0 Å². The Morgan fingerprint density at radius 1 is 1.50 bits per heavy atom. The Kier molecular flexibility index (Phi) is 1.69. The number of hydrogen-bond donors (Lipinski definition) is 1. The molecule has 78 valence electrons. The van der Waals surface area contributed by atoms with Crippen LogP contribution in [0.4, 0.5) is 4.79 Å². The molecular formula is C10H17N3O. The summed E-state index contributed by atoms with van der Waals surface area (Å²) in [5, 5.41) is 0. The zero-order valence-corrected chi connectivity index (χ0v) is 9.00. The molecule has 1 atom stereocenters. The number of amides is 2. The Morgan fingerprint density at radius 2 is 2.07 bits per heavy atom. The van der Waals surface area contributed by atoms with Crippen molar-refractivity contribution in [3.63, 3.8) is 0 Å². The molecule has 2 rings (SSSR count). The van der Waals surface area contributed by atoms with E-state index in [9.17, 15) is 4.79 Å². The van der Waals surface area contributed by atoms with Gasteiger partial charge in [0.2, 0.25) is 0 Å². The third-order valence-electron chi connectivity index (χ3n) is 3.98. The van der Waals surface area contributed by atoms with Crippen molar-refractivity contribution in [2.45, 2.75) is 39.2 Å². The Morgan fingerprint density at radius 3 is 2.50 bits per heavy atom. The summed E-state index contributed by atoms with van der Waals surface area (Å²) in [5.41, 5.74) is 5.68. The highest BCUT2D eigenvalue weighted by Crippen LogP contribution is 2.57. The quantitative estimate of drug-likeness (QED) is 0.723. The number of carbonyl (C=O) groups excluding carboxylic acids is 1. The lowest BCUT2D eigenvalue weighted by molar-refractivity contribution is 0.142. The number of rotatable bonds is 2. The topological polar surface area (TPSA) is 58.7 Å². The van der Waals surface area contributed by atoms with Crippen molar-refractivity contribution in [2.24, 2.45) is 16.1 Å². The maximum atomic E-state index is 11.6. The molecule has 1 unspecified atom stereocenters. The number of hydrogen-bond acceptors (Lipinski definition) is 2. The van der Waals surface area contributed by atoms with Crippen molar-refractivity contribution in [1.29, 1.82) is 0 Å². The fourth-order valence-electron chi connectivity index (χ4n) is 2.36. The molecule has 0 saturated heterocycles. The minimum Gasteiger partial charge on any atom is -0.385 e. The van der Waals surface area contributed by atoms with Crippen LogP contribution in [0.3, 0.4) is 0 Å². The number of nitrogens with zero attached hydrogens (tertiary/aromatic N) is 2. The summed E-state index contributed by atoms with van der Waals surface area (Å²) in [5.74, 6) is 0.490. The molecule has 1 aliphatic heterocycles. The van der Waals surface area contributed by atoms with Crippen molar-refractivity contribution in [3.05, 3.63) is 0 Å². The third kappa shape index (κ3) is 0.885. The van der Waals surface area contributed by atoms with Crippen molar-refractivity contribution in [1.82, 2.24) is 4.90 Å². The maximum absolute atomic E-state index is 11.6. The average Bonchev–Trinajstić information content (AvgIpc) is 2.80. The van der Waals surface area contributed by atoms with Crippen LogP contribution in [0.5, 0.6) is 0 Å². The van der Waals surface area contributed by atoms with Crippen LogP contribution >= 0.6 is 0 Å². The van der Waals surface area contributed by atoms with E-state index in [1.807, 2.05) is 13.8 Å². The molecule has 0 aromatic rings. The van der Waals surface area contributed by atoms with Gasteiger partial charge in [0.05, 0.1) is 0 Å². The van der Waals surface area contributed by atoms with Crippen LogP contribution in [0.2, 0.25) is 0 Å². The summed E-state index contributed by atoms with van der Waals surface area (Å²) < 4.78 is 0. The first-order chi connectivity index (χ1) is 6.45. The molecule has 2 N–H and O–H groups in total. The fraction of sp³-hybridized carbons (Fsp3) is 0.800. The van der Waals surface area contributed by atoms with E-state index in [0.717, 1.165) is 12.8 Å². The molecule has 2 amide bonds. The van der Waals surface area contributed by atoms with E-state index in [0.29, 0.717) is 12.4 Å². The predicted octanol–water partition coefficient (Wildman–Crippen LogP) is 1.36. The Labute approximate surface area is 84.2 Å². The molecule has 1 aliphatic carbocycles. The monoisotopic (exact) mass is 195 g/mol. The van der Waals surface area contributed by atoms with E-state index in [1.54, 1.807) is 4.90 Å². The molecule has 0 bridgehead atoms. The van der Waals surface area contributed by atoms with Crippen molar-refractivity contribution >= 4 is 11.9 Å². The number of aliphatic imine (C=N–C) groups is 1. The van der Waals surface area contributed by atoms with Crippen molar-refractivity contribution in [2.75, 3.05) is 6.54 Å². The molecule has 0 radical (unpaired) electrons. The van der Waals surface area contributed by atoms with E-state index in [4.69, 9.17) is 5.73 Å². The molecular weight excluding hydrogens is 178 g/mol. The summed E-state index contributed by atoms with van der Waals surface area (Å²) in [6.45, 7) is 6.86. The summed E-state index contributed by atoms with van der Waals surface area (Å²) in [4.78, 5) is 17.2. The van der Waals surface area contributed by atoms with Gasteiger partial charge in [-0.3, -0.25) is 0 Å². The second-order valence-corrected chi connectivity index (χ2v) is 4.66. The van der Waals surface area contributed by atoms with Crippen molar-refractivity contribution in [3.8, 4) is 0 Å². The van der Waals surface area contributed by atoms with Gasteiger partial charge in [-0.25, -0.2) is 4.79 Å². The second-order valence-electron chi connectivity index (χ2n) is 4.66. The van der Waals surface area contributed by atoms with E-state index in [1.165, 1.54) is 0 Å². The summed E-state index contributed by atoms with van der Waals surface area (Å²) >= 11 is 0. The largest absolute Gasteiger partial charge is 0.385 e. The van der Waals surface area contributed by atoms with E-state index < -0.39 is 0 Å². The fourth-order valence-corrected chi connectivity index (χ4v) is 2.36. The van der Waals surface area contributed by atoms with Gasteiger partial charge in [-0.2, -0.15) is 4.99 Å². The van der Waals surface area contributed by atoms with Crippen LogP contribution in [0.25, 0.3) is 0 Å². The van der Waals surface area contributed by atoms with Gasteiger partial charge >= 0.3 is 6.03 Å². The number of amidine groups is 1. The highest BCUT2D eigenvalue weighted by atomic mass is 16.2. The van der Waals surface area contributed by atoms with Crippen LogP contribution in [0.15, 0.2) is 4.99 Å². The van der Waals surface area contributed by atoms with Gasteiger partial charge in [0, 0.05) is 6.54 Å². The van der Waals surface area contributed by atoms with Gasteiger partial charge in [-0.1, -0.05) is 6.92 Å². The Hall–Kier alpha value is -1.06. The molecule has 1 fully saturated rings. The Bertz CT molecular complexity index is 319. The number of carbonyl (C=O) groups is 1. The molecule has 1 saturated carbocycles. The zero-order valence-electron chi connectivity index (χ0n) is 9.00. The number of urea groups is 1. The van der Waals surface area contributed by atoms with Gasteiger partial charge in [0.15, 0.2) is 0 Å². The summed E-state index contributed by atoms with van der Waals surface area (Å²) in [6.07, 6.45) is 2.26. The first kappa shape index (κ1) is 9.49. The van der Waals surface area contributed by atoms with Crippen LogP contribution in [0.1, 0.15) is 33.6 Å². The minimum atomic E-state index is -0.348. The molecule has 4 nitrogen and oxygen atoms in total. The molecule has 1 heterocycles. The first-order valence-corrected chi connectivity index (χ1v) is 5.12. The molecule has 4 heteroatoms. The normalized spacial score (nSPS) is 34.6. The first-order valence-electron chi connectivity index (χ1n) is 5.12. The van der Waals surface area contributed by atoms with Gasteiger partial charge in [0.25, 0.3) is 0 Å². The lowest BCUT2D eigenvalue weighted by Gasteiger charge is -2.39. The van der Waals surface area contributed by atoms with Crippen LogP contribution in [-0.4, -0.2) is 28.9 Å². The SMILES string of the molecule is CCN1C(=O)N=C(N)C1(C)C1(C)CC1. The smallest absolute Gasteiger partial charge is 0.346 e.